The number of rotatable bonds is 1. The molecule has 3 aromatic rings. The number of nitrogens with two attached hydrogens (primary N) is 1. The number of anilines is 1. The first-order valence-corrected chi connectivity index (χ1v) is 7.23. The Morgan fingerprint density at radius 1 is 1.12 bits per heavy atom. The molecule has 0 saturated heterocycles. The Balaban J connectivity index is 2.03. The molecule has 8 heteroatoms. The van der Waals surface area contributed by atoms with Crippen molar-refractivity contribution in [2.24, 2.45) is 7.05 Å². The minimum atomic E-state index is -0.607. The van der Waals surface area contributed by atoms with Crippen molar-refractivity contribution in [1.29, 1.82) is 0 Å². The predicted molar refractivity (Wildman–Crippen MR) is 87.3 cm³/mol. The van der Waals surface area contributed by atoms with Crippen LogP contribution in [0.4, 0.5) is 5.82 Å². The summed E-state index contributed by atoms with van der Waals surface area (Å²) in [6.07, 6.45) is 0. The van der Waals surface area contributed by atoms with Gasteiger partial charge in [-0.15, -0.1) is 0 Å². The lowest BCUT2D eigenvalue weighted by Gasteiger charge is -2.12. The van der Waals surface area contributed by atoms with Crippen LogP contribution in [-0.2, 0) is 7.05 Å². The summed E-state index contributed by atoms with van der Waals surface area (Å²) >= 11 is 0. The fraction of sp³-hybridized carbons (Fsp3) is 0.125. The quantitative estimate of drug-likeness (QED) is 0.633. The fourth-order valence-electron chi connectivity index (χ4n) is 3.00. The number of nitrogens with one attached hydrogen (secondary N) is 1. The third kappa shape index (κ3) is 1.73. The van der Waals surface area contributed by atoms with Crippen LogP contribution in [0.25, 0.3) is 16.6 Å². The lowest BCUT2D eigenvalue weighted by molar-refractivity contribution is 0.0880. The van der Waals surface area contributed by atoms with Crippen LogP contribution in [0, 0.1) is 6.92 Å². The third-order valence-corrected chi connectivity index (χ3v) is 4.32. The van der Waals surface area contributed by atoms with E-state index < -0.39 is 17.4 Å². The smallest absolute Gasteiger partial charge is 0.262 e. The van der Waals surface area contributed by atoms with Crippen molar-refractivity contribution < 1.29 is 9.59 Å². The molecule has 0 spiro atoms. The molecule has 0 unspecified atom stereocenters. The second-order valence-corrected chi connectivity index (χ2v) is 5.69. The summed E-state index contributed by atoms with van der Waals surface area (Å²) < 4.78 is 2.97. The molecule has 0 aliphatic carbocycles. The number of fused-ring (bicyclic) bond motifs is 2. The number of hydrogen-bond acceptors (Lipinski definition) is 5. The summed E-state index contributed by atoms with van der Waals surface area (Å²) in [4.78, 5) is 36.1. The zero-order chi connectivity index (χ0) is 17.2. The normalized spacial score (nSPS) is 13.4. The number of carbonyl (C=O) groups excluding carboxylic acids is 2. The van der Waals surface area contributed by atoms with Gasteiger partial charge in [-0.3, -0.25) is 28.9 Å². The molecule has 3 heterocycles. The van der Waals surface area contributed by atoms with Crippen LogP contribution in [0.1, 0.15) is 26.4 Å². The molecular formula is C16H13N5O3. The van der Waals surface area contributed by atoms with Crippen molar-refractivity contribution in [2.75, 3.05) is 5.73 Å². The molecule has 2 aromatic heterocycles. The minimum Gasteiger partial charge on any atom is -0.384 e. The summed E-state index contributed by atoms with van der Waals surface area (Å²) in [6.45, 7) is 1.92. The number of nitrogens with zero attached hydrogens (tertiary/aromatic N) is 3. The summed E-state index contributed by atoms with van der Waals surface area (Å²) in [7, 11) is 1.83. The topological polar surface area (TPSA) is 112 Å². The largest absolute Gasteiger partial charge is 0.384 e. The number of pyridine rings is 1. The first kappa shape index (κ1) is 14.2. The molecule has 0 bridgehead atoms. The molecule has 0 saturated carbocycles. The summed E-state index contributed by atoms with van der Waals surface area (Å²) in [6, 6.07) is 6.40. The molecular weight excluding hydrogens is 310 g/mol. The van der Waals surface area contributed by atoms with Gasteiger partial charge >= 0.3 is 0 Å². The number of imide groups is 1. The lowest BCUT2D eigenvalue weighted by atomic mass is 10.1. The van der Waals surface area contributed by atoms with Crippen molar-refractivity contribution in [3.8, 4) is 5.69 Å². The van der Waals surface area contributed by atoms with Crippen molar-refractivity contribution in [1.82, 2.24) is 19.7 Å². The van der Waals surface area contributed by atoms with Gasteiger partial charge in [0, 0.05) is 24.2 Å². The van der Waals surface area contributed by atoms with Crippen LogP contribution < -0.4 is 16.6 Å². The van der Waals surface area contributed by atoms with Crippen LogP contribution in [0.3, 0.4) is 0 Å². The molecule has 24 heavy (non-hydrogen) atoms. The number of aromatic nitrogens is 3. The molecule has 1 aliphatic heterocycles. The monoisotopic (exact) mass is 323 g/mol. The molecule has 1 aromatic carbocycles. The average Bonchev–Trinajstić information content (AvgIpc) is 2.97. The van der Waals surface area contributed by atoms with Gasteiger partial charge in [0.25, 0.3) is 17.4 Å². The van der Waals surface area contributed by atoms with Gasteiger partial charge in [-0.05, 0) is 25.1 Å². The van der Waals surface area contributed by atoms with Crippen LogP contribution in [0.15, 0.2) is 29.1 Å². The zero-order valence-electron chi connectivity index (χ0n) is 13.0. The van der Waals surface area contributed by atoms with Gasteiger partial charge in [0.15, 0.2) is 0 Å². The fourth-order valence-corrected chi connectivity index (χ4v) is 3.00. The standard InChI is InChI=1S/C16H13N5O3/c1-7-9-5-8(3-4-11(9)19-20(7)2)21-12(22)6-10-13(14(21)17)16(24)18-15(10)23/h3-6H,17H2,1-2H3,(H,18,23,24). The third-order valence-electron chi connectivity index (χ3n) is 4.32. The summed E-state index contributed by atoms with van der Waals surface area (Å²) in [5, 5.41) is 7.39. The molecule has 3 N–H and O–H groups in total. The van der Waals surface area contributed by atoms with Crippen LogP contribution in [-0.4, -0.2) is 26.2 Å². The van der Waals surface area contributed by atoms with Gasteiger partial charge in [0.05, 0.1) is 22.3 Å². The maximum atomic E-state index is 12.4. The van der Waals surface area contributed by atoms with Crippen molar-refractivity contribution in [3.63, 3.8) is 0 Å². The highest BCUT2D eigenvalue weighted by Gasteiger charge is 2.31. The number of amides is 2. The Kier molecular flexibility index (Phi) is 2.69. The van der Waals surface area contributed by atoms with Gasteiger partial charge in [-0.2, -0.15) is 5.10 Å². The van der Waals surface area contributed by atoms with Crippen LogP contribution in [0.2, 0.25) is 0 Å². The molecule has 2 amide bonds. The Hall–Kier alpha value is -3.42. The van der Waals surface area contributed by atoms with Crippen molar-refractivity contribution >= 4 is 28.5 Å². The van der Waals surface area contributed by atoms with Gasteiger partial charge in [-0.25, -0.2) is 0 Å². The molecule has 120 valence electrons. The molecule has 8 nitrogen and oxygen atoms in total. The van der Waals surface area contributed by atoms with E-state index in [1.165, 1.54) is 4.57 Å². The maximum Gasteiger partial charge on any atom is 0.262 e. The second-order valence-electron chi connectivity index (χ2n) is 5.69. The van der Waals surface area contributed by atoms with E-state index in [1.807, 2.05) is 14.0 Å². The van der Waals surface area contributed by atoms with Gasteiger partial charge in [0.2, 0.25) is 0 Å². The van der Waals surface area contributed by atoms with Crippen molar-refractivity contribution in [2.45, 2.75) is 6.92 Å². The molecule has 1 aliphatic rings. The van der Waals surface area contributed by atoms with E-state index in [9.17, 15) is 14.4 Å². The zero-order valence-corrected chi connectivity index (χ0v) is 13.0. The van der Waals surface area contributed by atoms with Crippen LogP contribution in [0.5, 0.6) is 0 Å². The Morgan fingerprint density at radius 3 is 2.62 bits per heavy atom. The average molecular weight is 323 g/mol. The number of nitrogen functional groups attached to an aromatic ring is 1. The highest BCUT2D eigenvalue weighted by atomic mass is 16.2. The van der Waals surface area contributed by atoms with E-state index >= 15 is 0 Å². The molecule has 0 radical (unpaired) electrons. The van der Waals surface area contributed by atoms with Gasteiger partial charge in [0.1, 0.15) is 5.82 Å². The number of aryl methyl sites for hydroxylation is 2. The molecule has 0 atom stereocenters. The lowest BCUT2D eigenvalue weighted by Crippen LogP contribution is -2.24. The van der Waals surface area contributed by atoms with Gasteiger partial charge in [-0.1, -0.05) is 0 Å². The number of benzene rings is 1. The molecule has 4 rings (SSSR count). The second kappa shape index (κ2) is 4.54. The minimum absolute atomic E-state index is 0.0115. The number of carbonyl (C=O) groups is 2. The highest BCUT2D eigenvalue weighted by Crippen LogP contribution is 2.25. The highest BCUT2D eigenvalue weighted by molar-refractivity contribution is 6.23. The Morgan fingerprint density at radius 2 is 1.88 bits per heavy atom. The van der Waals surface area contributed by atoms with Crippen LogP contribution >= 0.6 is 0 Å². The SMILES string of the molecule is Cc1c2cc(-n3c(N)c4c(cc3=O)C(=O)NC4=O)ccc2nn1C. The van der Waals surface area contributed by atoms with E-state index in [1.54, 1.807) is 22.9 Å². The number of hydrogen-bond donors (Lipinski definition) is 2. The Bertz CT molecular complexity index is 1120. The van der Waals surface area contributed by atoms with E-state index in [-0.39, 0.29) is 16.9 Å². The van der Waals surface area contributed by atoms with E-state index in [0.29, 0.717) is 5.69 Å². The van der Waals surface area contributed by atoms with E-state index in [4.69, 9.17) is 5.73 Å². The van der Waals surface area contributed by atoms with E-state index in [2.05, 4.69) is 10.4 Å². The summed E-state index contributed by atoms with van der Waals surface area (Å²) in [5.74, 6) is -1.26. The first-order valence-electron chi connectivity index (χ1n) is 7.23. The summed E-state index contributed by atoms with van der Waals surface area (Å²) in [5.41, 5.74) is 7.84. The van der Waals surface area contributed by atoms with E-state index in [0.717, 1.165) is 22.7 Å². The Labute approximate surface area is 135 Å². The first-order chi connectivity index (χ1) is 11.4. The van der Waals surface area contributed by atoms with Crippen molar-refractivity contribution in [3.05, 3.63) is 51.4 Å². The molecule has 0 fully saturated rings. The maximum absolute atomic E-state index is 12.4. The predicted octanol–water partition coefficient (Wildman–Crippen LogP) is 0.498. The van der Waals surface area contributed by atoms with Gasteiger partial charge < -0.3 is 5.73 Å².